The predicted octanol–water partition coefficient (Wildman–Crippen LogP) is 1.30. The maximum atomic E-state index is 11.0. The van der Waals surface area contributed by atoms with Crippen molar-refractivity contribution in [3.05, 3.63) is 24.3 Å². The molecule has 0 aliphatic carbocycles. The number of carbonyl (C=O) groups is 1. The molecule has 0 rings (SSSR count). The fourth-order valence-electron chi connectivity index (χ4n) is 0.684. The van der Waals surface area contributed by atoms with Crippen molar-refractivity contribution in [1.29, 1.82) is 0 Å². The number of rotatable bonds is 6. The van der Waals surface area contributed by atoms with Gasteiger partial charge in [-0.25, -0.2) is 4.79 Å². The molecule has 0 saturated carbocycles. The number of carbonyl (C=O) groups excluding carboxylic acids is 1. The average molecular weight is 214 g/mol. The Bertz CT molecular complexity index is 239. The van der Waals surface area contributed by atoms with E-state index in [1.54, 1.807) is 12.2 Å². The van der Waals surface area contributed by atoms with Crippen molar-refractivity contribution in [3.63, 3.8) is 0 Å². The quantitative estimate of drug-likeness (QED) is 0.167. The summed E-state index contributed by atoms with van der Waals surface area (Å²) in [7, 11) is 6.12. The molecule has 4 heteroatoms. The molecule has 86 valence electrons. The van der Waals surface area contributed by atoms with E-state index < -0.39 is 5.97 Å². The van der Waals surface area contributed by atoms with Gasteiger partial charge in [-0.05, 0) is 6.92 Å². The van der Waals surface area contributed by atoms with Crippen LogP contribution in [0.1, 0.15) is 6.92 Å². The minimum Gasteiger partial charge on any atom is -0.329 e. The average Bonchev–Trinajstić information content (AvgIpc) is 2.11. The van der Waals surface area contributed by atoms with Crippen LogP contribution in [0, 0.1) is 0 Å². The van der Waals surface area contributed by atoms with E-state index in [2.05, 4.69) is 4.89 Å². The predicted molar refractivity (Wildman–Crippen MR) is 58.9 cm³/mol. The lowest BCUT2D eigenvalue weighted by Crippen LogP contribution is -2.37. The summed E-state index contributed by atoms with van der Waals surface area (Å²) in [5.74, 6) is -0.491. The largest absolute Gasteiger partial charge is 0.365 e. The van der Waals surface area contributed by atoms with Gasteiger partial charge in [0.25, 0.3) is 0 Å². The highest BCUT2D eigenvalue weighted by atomic mass is 17.2. The Balaban J connectivity index is 3.56. The Labute approximate surface area is 91.3 Å². The molecule has 0 saturated heterocycles. The molecule has 0 bridgehead atoms. The van der Waals surface area contributed by atoms with Crippen LogP contribution in [0.15, 0.2) is 24.3 Å². The van der Waals surface area contributed by atoms with E-state index in [9.17, 15) is 4.79 Å². The van der Waals surface area contributed by atoms with Gasteiger partial charge in [0.1, 0.15) is 13.2 Å². The molecule has 0 spiro atoms. The van der Waals surface area contributed by atoms with Crippen molar-refractivity contribution in [1.82, 2.24) is 0 Å². The number of hydrogen-bond acceptors (Lipinski definition) is 3. The van der Waals surface area contributed by atoms with Gasteiger partial charge in [0.15, 0.2) is 0 Å². The molecule has 0 aromatic rings. The standard InChI is InChI=1S/C11H20NO3/c1-5-6-7-8-11(13)15-14-10-9-12(2,3)4/h5-8H,9-10H2,1-4H3/q+1/b6-5+,8-7+. The fourth-order valence-corrected chi connectivity index (χ4v) is 0.684. The first-order valence-corrected chi connectivity index (χ1v) is 4.89. The van der Waals surface area contributed by atoms with Crippen molar-refractivity contribution in [2.45, 2.75) is 6.92 Å². The maximum absolute atomic E-state index is 11.0. The number of nitrogens with zero attached hydrogens (tertiary/aromatic N) is 1. The lowest BCUT2D eigenvalue weighted by atomic mass is 10.4. The van der Waals surface area contributed by atoms with Crippen LogP contribution in [0.4, 0.5) is 0 Å². The molecule has 0 aliphatic rings. The van der Waals surface area contributed by atoms with Crippen molar-refractivity contribution >= 4 is 5.97 Å². The number of allylic oxidation sites excluding steroid dienone is 3. The maximum Gasteiger partial charge on any atom is 0.365 e. The van der Waals surface area contributed by atoms with E-state index in [0.29, 0.717) is 6.61 Å². The SMILES string of the molecule is C/C=C/C=C/C(=O)OOCC[N+](C)(C)C. The van der Waals surface area contributed by atoms with Gasteiger partial charge in [0, 0.05) is 6.08 Å². The molecule has 15 heavy (non-hydrogen) atoms. The highest BCUT2D eigenvalue weighted by molar-refractivity contribution is 5.81. The fraction of sp³-hybridized carbons (Fsp3) is 0.545. The summed E-state index contributed by atoms with van der Waals surface area (Å²) in [6, 6.07) is 0. The third-order valence-electron chi connectivity index (χ3n) is 1.52. The van der Waals surface area contributed by atoms with Crippen molar-refractivity contribution in [3.8, 4) is 0 Å². The van der Waals surface area contributed by atoms with Crippen LogP contribution in [0.5, 0.6) is 0 Å². The van der Waals surface area contributed by atoms with Crippen LogP contribution in [-0.2, 0) is 14.6 Å². The van der Waals surface area contributed by atoms with Crippen molar-refractivity contribution in [2.24, 2.45) is 0 Å². The Kier molecular flexibility index (Phi) is 6.66. The number of likely N-dealkylation sites (N-methyl/N-ethyl adjacent to an activating group) is 1. The van der Waals surface area contributed by atoms with Crippen LogP contribution in [0.25, 0.3) is 0 Å². The van der Waals surface area contributed by atoms with Gasteiger partial charge in [0.05, 0.1) is 21.1 Å². The molecule has 0 aromatic heterocycles. The van der Waals surface area contributed by atoms with Gasteiger partial charge >= 0.3 is 5.97 Å². The van der Waals surface area contributed by atoms with Crippen LogP contribution in [-0.4, -0.2) is 44.7 Å². The highest BCUT2D eigenvalue weighted by Gasteiger charge is 2.07. The van der Waals surface area contributed by atoms with Crippen LogP contribution in [0.2, 0.25) is 0 Å². The van der Waals surface area contributed by atoms with Crippen LogP contribution in [0.3, 0.4) is 0 Å². The van der Waals surface area contributed by atoms with E-state index in [-0.39, 0.29) is 0 Å². The molecule has 0 atom stereocenters. The first-order chi connectivity index (χ1) is 6.95. The summed E-state index contributed by atoms with van der Waals surface area (Å²) < 4.78 is 0.770. The Morgan fingerprint density at radius 3 is 2.47 bits per heavy atom. The molecule has 0 heterocycles. The Morgan fingerprint density at radius 2 is 1.93 bits per heavy atom. The lowest BCUT2D eigenvalue weighted by molar-refractivity contribution is -0.871. The minimum absolute atomic E-state index is 0.396. The van der Waals surface area contributed by atoms with Crippen molar-refractivity contribution < 1.29 is 19.1 Å². The van der Waals surface area contributed by atoms with Gasteiger partial charge < -0.3 is 4.48 Å². The van der Waals surface area contributed by atoms with Gasteiger partial charge in [-0.15, -0.1) is 0 Å². The van der Waals surface area contributed by atoms with E-state index in [4.69, 9.17) is 4.89 Å². The second-order valence-electron chi connectivity index (χ2n) is 4.12. The summed E-state index contributed by atoms with van der Waals surface area (Å²) in [6.45, 7) is 3.05. The van der Waals surface area contributed by atoms with Crippen LogP contribution < -0.4 is 0 Å². The zero-order chi connectivity index (χ0) is 11.7. The molecule has 0 aliphatic heterocycles. The van der Waals surface area contributed by atoms with E-state index in [1.807, 2.05) is 34.1 Å². The number of quaternary nitrogens is 1. The summed E-state index contributed by atoms with van der Waals surface area (Å²) in [5.41, 5.74) is 0. The molecular weight excluding hydrogens is 194 g/mol. The Morgan fingerprint density at radius 1 is 1.27 bits per heavy atom. The topological polar surface area (TPSA) is 35.5 Å². The summed E-state index contributed by atoms with van der Waals surface area (Å²) in [6.07, 6.45) is 6.48. The molecule has 0 amide bonds. The first kappa shape index (κ1) is 13.9. The molecule has 0 N–H and O–H groups in total. The second-order valence-corrected chi connectivity index (χ2v) is 4.12. The third kappa shape index (κ3) is 10.8. The van der Waals surface area contributed by atoms with Gasteiger partial charge in [-0.1, -0.05) is 18.2 Å². The van der Waals surface area contributed by atoms with Gasteiger partial charge in [-0.3, -0.25) is 4.89 Å². The molecule has 0 unspecified atom stereocenters. The van der Waals surface area contributed by atoms with Crippen molar-refractivity contribution in [2.75, 3.05) is 34.3 Å². The summed E-state index contributed by atoms with van der Waals surface area (Å²) in [5, 5.41) is 0. The highest BCUT2D eigenvalue weighted by Crippen LogP contribution is 1.91. The smallest absolute Gasteiger partial charge is 0.329 e. The van der Waals surface area contributed by atoms with Gasteiger partial charge in [0.2, 0.25) is 0 Å². The second kappa shape index (κ2) is 7.20. The lowest BCUT2D eigenvalue weighted by Gasteiger charge is -2.22. The van der Waals surface area contributed by atoms with Gasteiger partial charge in [-0.2, -0.15) is 4.89 Å². The van der Waals surface area contributed by atoms with E-state index >= 15 is 0 Å². The zero-order valence-electron chi connectivity index (χ0n) is 9.90. The summed E-state index contributed by atoms with van der Waals surface area (Å²) in [4.78, 5) is 20.2. The molecule has 0 aromatic carbocycles. The van der Waals surface area contributed by atoms with E-state index in [1.165, 1.54) is 6.08 Å². The molecule has 4 nitrogen and oxygen atoms in total. The minimum atomic E-state index is -0.491. The summed E-state index contributed by atoms with van der Waals surface area (Å²) >= 11 is 0. The number of hydrogen-bond donors (Lipinski definition) is 0. The zero-order valence-corrected chi connectivity index (χ0v) is 9.90. The van der Waals surface area contributed by atoms with E-state index in [0.717, 1.165) is 11.0 Å². The molecule has 0 fully saturated rings. The first-order valence-electron chi connectivity index (χ1n) is 4.89. The Hall–Kier alpha value is -1.13. The third-order valence-corrected chi connectivity index (χ3v) is 1.52. The molecule has 0 radical (unpaired) electrons. The molecular formula is C11H20NO3+. The monoisotopic (exact) mass is 214 g/mol. The normalized spacial score (nSPS) is 12.5. The van der Waals surface area contributed by atoms with Crippen LogP contribution >= 0.6 is 0 Å².